The summed E-state index contributed by atoms with van der Waals surface area (Å²) in [6.45, 7) is 2.31. The number of rotatable bonds is 8. The summed E-state index contributed by atoms with van der Waals surface area (Å²) in [5, 5.41) is 10.8. The van der Waals surface area contributed by atoms with Crippen LogP contribution in [-0.2, 0) is 19.6 Å². The van der Waals surface area contributed by atoms with Crippen molar-refractivity contribution in [3.8, 4) is 0 Å². The lowest BCUT2D eigenvalue weighted by Crippen LogP contribution is -2.48. The number of nitrogens with one attached hydrogen (secondary N) is 2. The molecule has 1 aromatic heterocycles. The number of aryl methyl sites for hydroxylation is 1. The molecular formula is C21H20Cl2N2O6S. The van der Waals surface area contributed by atoms with Gasteiger partial charge in [0.05, 0.1) is 21.0 Å². The number of ketones is 1. The Balaban J connectivity index is 1.74. The van der Waals surface area contributed by atoms with Gasteiger partial charge < -0.3 is 14.8 Å². The Hall–Kier alpha value is -2.43. The maximum absolute atomic E-state index is 12.7. The lowest BCUT2D eigenvalue weighted by molar-refractivity contribution is -0.147. The maximum atomic E-state index is 12.7. The van der Waals surface area contributed by atoms with Crippen molar-refractivity contribution in [1.82, 2.24) is 9.71 Å². The van der Waals surface area contributed by atoms with Crippen LogP contribution in [0.3, 0.4) is 0 Å². The van der Waals surface area contributed by atoms with Gasteiger partial charge in [0.15, 0.2) is 6.61 Å². The molecule has 0 aliphatic carbocycles. The number of aromatic amines is 1. The Morgan fingerprint density at radius 2 is 1.84 bits per heavy atom. The minimum Gasteiger partial charge on any atom is -0.456 e. The third-order valence-corrected chi connectivity index (χ3v) is 6.92. The zero-order valence-corrected chi connectivity index (χ0v) is 19.4. The predicted octanol–water partition coefficient (Wildman–Crippen LogP) is 3.24. The number of hydrogen-bond acceptors (Lipinski definition) is 6. The molecule has 3 aromatic rings. The van der Waals surface area contributed by atoms with Crippen molar-refractivity contribution in [3.05, 3.63) is 63.8 Å². The van der Waals surface area contributed by atoms with Gasteiger partial charge in [-0.1, -0.05) is 41.4 Å². The smallest absolute Gasteiger partial charge is 0.327 e. The largest absolute Gasteiger partial charge is 0.456 e. The topological polar surface area (TPSA) is 126 Å². The van der Waals surface area contributed by atoms with E-state index >= 15 is 0 Å². The van der Waals surface area contributed by atoms with Crippen molar-refractivity contribution in [2.24, 2.45) is 0 Å². The van der Waals surface area contributed by atoms with E-state index in [1.165, 1.54) is 19.1 Å². The van der Waals surface area contributed by atoms with Gasteiger partial charge in [0.2, 0.25) is 15.8 Å². The van der Waals surface area contributed by atoms with Gasteiger partial charge in [-0.25, -0.2) is 8.42 Å². The van der Waals surface area contributed by atoms with Crippen LogP contribution in [0.1, 0.15) is 23.0 Å². The highest BCUT2D eigenvalue weighted by molar-refractivity contribution is 7.89. The fraction of sp³-hybridized carbons (Fsp3) is 0.238. The molecule has 1 heterocycles. The number of para-hydroxylation sites is 1. The Kier molecular flexibility index (Phi) is 7.26. The number of ether oxygens (including phenoxy) is 1. The number of aliphatic hydroxyl groups is 1. The van der Waals surface area contributed by atoms with Crippen LogP contribution in [0.2, 0.25) is 10.0 Å². The Bertz CT molecular complexity index is 1290. The number of carbonyl (C=O) groups excluding carboxylic acids is 2. The van der Waals surface area contributed by atoms with Crippen LogP contribution in [-0.4, -0.2) is 49.0 Å². The van der Waals surface area contributed by atoms with Crippen molar-refractivity contribution in [3.63, 3.8) is 0 Å². The van der Waals surface area contributed by atoms with Gasteiger partial charge >= 0.3 is 5.97 Å². The molecule has 0 radical (unpaired) electrons. The second-order valence-corrected chi connectivity index (χ2v) is 9.65. The van der Waals surface area contributed by atoms with E-state index in [1.54, 1.807) is 19.1 Å². The number of esters is 1. The first kappa shape index (κ1) is 24.2. The molecule has 3 rings (SSSR count). The Labute approximate surface area is 194 Å². The average Bonchev–Trinajstić information content (AvgIpc) is 3.07. The van der Waals surface area contributed by atoms with E-state index in [4.69, 9.17) is 27.9 Å². The molecule has 0 saturated carbocycles. The molecule has 2 atom stereocenters. The summed E-state index contributed by atoms with van der Waals surface area (Å²) >= 11 is 11.7. The van der Waals surface area contributed by atoms with Crippen molar-refractivity contribution in [2.45, 2.75) is 30.9 Å². The number of aliphatic hydroxyl groups excluding tert-OH is 1. The molecule has 8 nitrogen and oxygen atoms in total. The number of H-pyrrole nitrogens is 1. The normalized spacial score (nSPS) is 13.7. The number of benzene rings is 2. The van der Waals surface area contributed by atoms with E-state index in [0.29, 0.717) is 16.6 Å². The molecule has 0 fully saturated rings. The summed E-state index contributed by atoms with van der Waals surface area (Å²) in [5.41, 5.74) is 1.74. The second kappa shape index (κ2) is 9.60. The fourth-order valence-corrected chi connectivity index (χ4v) is 4.80. The third kappa shape index (κ3) is 5.13. The monoisotopic (exact) mass is 498 g/mol. The van der Waals surface area contributed by atoms with E-state index in [9.17, 15) is 23.1 Å². The highest BCUT2D eigenvalue weighted by atomic mass is 35.5. The number of aromatic nitrogens is 1. The predicted molar refractivity (Wildman–Crippen MR) is 121 cm³/mol. The molecule has 2 unspecified atom stereocenters. The number of hydrogen-bond donors (Lipinski definition) is 3. The van der Waals surface area contributed by atoms with Gasteiger partial charge in [0.25, 0.3) is 0 Å². The molecule has 11 heteroatoms. The number of halogens is 2. The van der Waals surface area contributed by atoms with E-state index in [1.807, 2.05) is 12.1 Å². The van der Waals surface area contributed by atoms with Crippen molar-refractivity contribution in [2.75, 3.05) is 6.61 Å². The lowest BCUT2D eigenvalue weighted by atomic mass is 10.1. The van der Waals surface area contributed by atoms with E-state index in [0.717, 1.165) is 11.6 Å². The summed E-state index contributed by atoms with van der Waals surface area (Å²) < 4.78 is 32.4. The van der Waals surface area contributed by atoms with Crippen LogP contribution < -0.4 is 4.72 Å². The van der Waals surface area contributed by atoms with E-state index in [2.05, 4.69) is 9.71 Å². The van der Waals surface area contributed by atoms with Crippen molar-refractivity contribution >= 4 is 55.9 Å². The van der Waals surface area contributed by atoms with Gasteiger partial charge in [-0.15, -0.1) is 0 Å². The summed E-state index contributed by atoms with van der Waals surface area (Å²) in [7, 11) is -4.25. The molecule has 0 bridgehead atoms. The number of sulfonamides is 1. The molecule has 170 valence electrons. The van der Waals surface area contributed by atoms with Crippen molar-refractivity contribution in [1.29, 1.82) is 0 Å². The van der Waals surface area contributed by atoms with Gasteiger partial charge in [-0.2, -0.15) is 4.72 Å². The zero-order chi connectivity index (χ0) is 23.6. The minimum atomic E-state index is -4.25. The summed E-state index contributed by atoms with van der Waals surface area (Å²) in [6.07, 6.45) is -1.44. The summed E-state index contributed by atoms with van der Waals surface area (Å²) in [5.74, 6) is -1.57. The Morgan fingerprint density at radius 3 is 2.50 bits per heavy atom. The molecule has 2 aromatic carbocycles. The number of Topliss-reactive ketones (excluding diaryl/α,β-unsaturated/α-hetero) is 1. The quantitative estimate of drug-likeness (QED) is 0.323. The number of carbonyl (C=O) groups is 2. The first-order chi connectivity index (χ1) is 15.0. The minimum absolute atomic E-state index is 0.00501. The fourth-order valence-electron chi connectivity index (χ4n) is 3.16. The van der Waals surface area contributed by atoms with Gasteiger partial charge in [-0.05, 0) is 38.1 Å². The SMILES string of the molecule is Cc1[nH]c2ccccc2c1C(=O)COC(=O)C(NS(=O)(=O)c1ccc(Cl)c(Cl)c1)C(C)O. The van der Waals surface area contributed by atoms with Crippen molar-refractivity contribution < 1.29 is 27.9 Å². The third-order valence-electron chi connectivity index (χ3n) is 4.74. The molecule has 0 amide bonds. The van der Waals surface area contributed by atoms with Gasteiger partial charge in [0.1, 0.15) is 6.04 Å². The average molecular weight is 499 g/mol. The second-order valence-electron chi connectivity index (χ2n) is 7.12. The van der Waals surface area contributed by atoms with Gasteiger partial charge in [0, 0.05) is 22.2 Å². The Morgan fingerprint density at radius 1 is 1.16 bits per heavy atom. The zero-order valence-electron chi connectivity index (χ0n) is 17.1. The van der Waals surface area contributed by atoms with E-state index in [-0.39, 0.29) is 14.9 Å². The summed E-state index contributed by atoms with van der Waals surface area (Å²) in [4.78, 5) is 28.0. The van der Waals surface area contributed by atoms with Gasteiger partial charge in [-0.3, -0.25) is 9.59 Å². The summed E-state index contributed by atoms with van der Waals surface area (Å²) in [6, 6.07) is 9.12. The first-order valence-electron chi connectivity index (χ1n) is 9.44. The molecule has 0 spiro atoms. The van der Waals surface area contributed by atoms with Crippen LogP contribution in [0.15, 0.2) is 47.4 Å². The molecule has 32 heavy (non-hydrogen) atoms. The molecule has 0 aliphatic heterocycles. The van der Waals surface area contributed by atoms with Crippen LogP contribution in [0.25, 0.3) is 10.9 Å². The molecule has 3 N–H and O–H groups in total. The molecular weight excluding hydrogens is 479 g/mol. The van der Waals surface area contributed by atoms with E-state index < -0.39 is 40.5 Å². The van der Waals surface area contributed by atoms with Crippen LogP contribution in [0, 0.1) is 6.92 Å². The van der Waals surface area contributed by atoms with Crippen LogP contribution in [0.5, 0.6) is 0 Å². The molecule has 0 saturated heterocycles. The lowest BCUT2D eigenvalue weighted by Gasteiger charge is -2.20. The molecule has 0 aliphatic rings. The van der Waals surface area contributed by atoms with Crippen LogP contribution >= 0.6 is 23.2 Å². The highest BCUT2D eigenvalue weighted by Gasteiger charge is 2.32. The number of fused-ring (bicyclic) bond motifs is 1. The van der Waals surface area contributed by atoms with Crippen LogP contribution in [0.4, 0.5) is 0 Å². The standard InChI is InChI=1S/C21H20Cl2N2O6S/c1-11-19(14-5-3-4-6-17(14)24-11)18(27)10-31-21(28)20(12(2)26)25-32(29,30)13-7-8-15(22)16(23)9-13/h3-9,12,20,24-26H,10H2,1-2H3. The highest BCUT2D eigenvalue weighted by Crippen LogP contribution is 2.25. The first-order valence-corrected chi connectivity index (χ1v) is 11.7. The maximum Gasteiger partial charge on any atom is 0.327 e.